The maximum atomic E-state index is 11.9. The third-order valence-electron chi connectivity index (χ3n) is 2.92. The Kier molecular flexibility index (Phi) is 5.36. The van der Waals surface area contributed by atoms with E-state index in [9.17, 15) is 9.59 Å². The molecule has 1 aromatic carbocycles. The van der Waals surface area contributed by atoms with Gasteiger partial charge in [0, 0.05) is 7.05 Å². The van der Waals surface area contributed by atoms with Crippen LogP contribution >= 0.6 is 0 Å². The summed E-state index contributed by atoms with van der Waals surface area (Å²) in [5.74, 6) is -0.479. The maximum Gasteiger partial charge on any atom is 0.326 e. The summed E-state index contributed by atoms with van der Waals surface area (Å²) in [7, 11) is 1.50. The molecule has 0 saturated heterocycles. The Labute approximate surface area is 112 Å². The zero-order valence-electron chi connectivity index (χ0n) is 11.4. The van der Waals surface area contributed by atoms with Crippen LogP contribution in [0, 0.1) is 0 Å². The number of carboxylic acid groups (broad SMARTS) is 1. The fraction of sp³-hybridized carbons (Fsp3) is 0.429. The minimum atomic E-state index is -1.01. The number of hydrogen-bond donors (Lipinski definition) is 1. The van der Waals surface area contributed by atoms with Gasteiger partial charge in [-0.05, 0) is 31.5 Å². The second-order valence-corrected chi connectivity index (χ2v) is 4.27. The molecule has 0 heterocycles. The van der Waals surface area contributed by atoms with Crippen LogP contribution < -0.4 is 4.74 Å². The molecule has 0 spiro atoms. The molecule has 0 aliphatic carbocycles. The quantitative estimate of drug-likeness (QED) is 0.847. The lowest BCUT2D eigenvalue weighted by Crippen LogP contribution is -2.41. The Balaban J connectivity index is 2.63. The van der Waals surface area contributed by atoms with Crippen LogP contribution in [0.4, 0.5) is 0 Å². The van der Waals surface area contributed by atoms with E-state index >= 15 is 0 Å². The van der Waals surface area contributed by atoms with E-state index in [-0.39, 0.29) is 12.3 Å². The van der Waals surface area contributed by atoms with Gasteiger partial charge < -0.3 is 14.7 Å². The summed E-state index contributed by atoms with van der Waals surface area (Å²) in [5, 5.41) is 8.85. The Morgan fingerprint density at radius 2 is 1.89 bits per heavy atom. The van der Waals surface area contributed by atoms with Crippen LogP contribution in [0.1, 0.15) is 19.4 Å². The minimum absolute atomic E-state index is 0.181. The number of aliphatic carboxylic acids is 1. The summed E-state index contributed by atoms with van der Waals surface area (Å²) in [6.45, 7) is 3.98. The smallest absolute Gasteiger partial charge is 0.326 e. The van der Waals surface area contributed by atoms with Gasteiger partial charge in [0.15, 0.2) is 0 Å². The van der Waals surface area contributed by atoms with Gasteiger partial charge in [-0.2, -0.15) is 0 Å². The molecule has 0 aromatic heterocycles. The minimum Gasteiger partial charge on any atom is -0.494 e. The van der Waals surface area contributed by atoms with Crippen molar-refractivity contribution in [3.63, 3.8) is 0 Å². The van der Waals surface area contributed by atoms with Gasteiger partial charge in [-0.15, -0.1) is 0 Å². The topological polar surface area (TPSA) is 66.8 Å². The molecule has 0 aliphatic heterocycles. The number of rotatable bonds is 6. The average molecular weight is 265 g/mol. The highest BCUT2D eigenvalue weighted by Gasteiger charge is 2.21. The van der Waals surface area contributed by atoms with Crippen LogP contribution in [0.25, 0.3) is 0 Å². The number of carbonyl (C=O) groups excluding carboxylic acids is 1. The molecule has 1 aromatic rings. The number of carboxylic acids is 1. The number of amides is 1. The fourth-order valence-electron chi connectivity index (χ4n) is 1.55. The van der Waals surface area contributed by atoms with E-state index in [1.807, 2.05) is 19.1 Å². The van der Waals surface area contributed by atoms with Gasteiger partial charge in [0.25, 0.3) is 0 Å². The van der Waals surface area contributed by atoms with Gasteiger partial charge in [-0.25, -0.2) is 4.79 Å². The number of ether oxygens (including phenoxy) is 1. The second-order valence-electron chi connectivity index (χ2n) is 4.27. The van der Waals surface area contributed by atoms with Crippen LogP contribution in [0.2, 0.25) is 0 Å². The van der Waals surface area contributed by atoms with Gasteiger partial charge in [0.05, 0.1) is 13.0 Å². The van der Waals surface area contributed by atoms with E-state index in [0.717, 1.165) is 11.3 Å². The highest BCUT2D eigenvalue weighted by molar-refractivity contribution is 5.84. The predicted molar refractivity (Wildman–Crippen MR) is 71.2 cm³/mol. The van der Waals surface area contributed by atoms with Gasteiger partial charge in [0.2, 0.25) is 5.91 Å². The Bertz CT molecular complexity index is 441. The molecule has 1 amide bonds. The van der Waals surface area contributed by atoms with Crippen molar-refractivity contribution in [1.29, 1.82) is 0 Å². The van der Waals surface area contributed by atoms with Crippen molar-refractivity contribution in [2.75, 3.05) is 13.7 Å². The van der Waals surface area contributed by atoms with Gasteiger partial charge in [-0.3, -0.25) is 4.79 Å². The summed E-state index contributed by atoms with van der Waals surface area (Å²) in [6.07, 6.45) is 0.181. The molecule has 104 valence electrons. The Hall–Kier alpha value is -2.04. The lowest BCUT2D eigenvalue weighted by Gasteiger charge is -2.21. The van der Waals surface area contributed by atoms with Crippen LogP contribution in [-0.2, 0) is 16.0 Å². The average Bonchev–Trinajstić information content (AvgIpc) is 2.39. The molecule has 0 saturated carbocycles. The Morgan fingerprint density at radius 1 is 1.32 bits per heavy atom. The van der Waals surface area contributed by atoms with Crippen molar-refractivity contribution in [1.82, 2.24) is 4.90 Å². The standard InChI is InChI=1S/C14H19NO4/c1-4-19-12-7-5-11(6-8-12)9-13(16)15(3)10(2)14(17)18/h5-8,10H,4,9H2,1-3H3,(H,17,18). The van der Waals surface area contributed by atoms with Crippen LogP contribution in [0.5, 0.6) is 5.75 Å². The van der Waals surface area contributed by atoms with Crippen molar-refractivity contribution in [3.05, 3.63) is 29.8 Å². The molecule has 1 N–H and O–H groups in total. The first kappa shape index (κ1) is 15.0. The normalized spacial score (nSPS) is 11.7. The summed E-state index contributed by atoms with van der Waals surface area (Å²) in [5.41, 5.74) is 0.831. The number of carbonyl (C=O) groups is 2. The fourth-order valence-corrected chi connectivity index (χ4v) is 1.55. The highest BCUT2D eigenvalue weighted by Crippen LogP contribution is 2.13. The van der Waals surface area contributed by atoms with Gasteiger partial charge in [0.1, 0.15) is 11.8 Å². The second kappa shape index (κ2) is 6.78. The van der Waals surface area contributed by atoms with E-state index in [1.165, 1.54) is 18.9 Å². The molecule has 0 bridgehead atoms. The Morgan fingerprint density at radius 3 is 2.37 bits per heavy atom. The predicted octanol–water partition coefficient (Wildman–Crippen LogP) is 1.56. The summed E-state index contributed by atoms with van der Waals surface area (Å²) >= 11 is 0. The first-order chi connectivity index (χ1) is 8.95. The van der Waals surface area contributed by atoms with Crippen molar-refractivity contribution in [2.24, 2.45) is 0 Å². The van der Waals surface area contributed by atoms with E-state index in [4.69, 9.17) is 9.84 Å². The molecule has 5 nitrogen and oxygen atoms in total. The lowest BCUT2D eigenvalue weighted by molar-refractivity contribution is -0.147. The van der Waals surface area contributed by atoms with Crippen molar-refractivity contribution < 1.29 is 19.4 Å². The third kappa shape index (κ3) is 4.28. The van der Waals surface area contributed by atoms with Gasteiger partial charge >= 0.3 is 5.97 Å². The zero-order valence-corrected chi connectivity index (χ0v) is 11.4. The van der Waals surface area contributed by atoms with Gasteiger partial charge in [-0.1, -0.05) is 12.1 Å². The molecule has 1 atom stereocenters. The molecule has 0 radical (unpaired) electrons. The summed E-state index contributed by atoms with van der Waals surface area (Å²) < 4.78 is 5.31. The molecule has 1 rings (SSSR count). The summed E-state index contributed by atoms with van der Waals surface area (Å²) in [4.78, 5) is 23.9. The van der Waals surface area contributed by atoms with Crippen LogP contribution in [-0.4, -0.2) is 41.6 Å². The molecular weight excluding hydrogens is 246 g/mol. The van der Waals surface area contributed by atoms with Crippen LogP contribution in [0.3, 0.4) is 0 Å². The zero-order chi connectivity index (χ0) is 14.4. The first-order valence-electron chi connectivity index (χ1n) is 6.16. The molecule has 0 aliphatic rings. The first-order valence-corrected chi connectivity index (χ1v) is 6.16. The molecule has 0 fully saturated rings. The maximum absolute atomic E-state index is 11.9. The number of nitrogens with zero attached hydrogens (tertiary/aromatic N) is 1. The van der Waals surface area contributed by atoms with Crippen molar-refractivity contribution >= 4 is 11.9 Å². The van der Waals surface area contributed by atoms with Crippen molar-refractivity contribution in [3.8, 4) is 5.75 Å². The lowest BCUT2D eigenvalue weighted by atomic mass is 10.1. The molecule has 1 unspecified atom stereocenters. The molecule has 5 heteroatoms. The monoisotopic (exact) mass is 265 g/mol. The van der Waals surface area contributed by atoms with E-state index in [2.05, 4.69) is 0 Å². The number of benzene rings is 1. The number of hydrogen-bond acceptors (Lipinski definition) is 3. The van der Waals surface area contributed by atoms with Crippen molar-refractivity contribution in [2.45, 2.75) is 26.3 Å². The van der Waals surface area contributed by atoms with E-state index < -0.39 is 12.0 Å². The van der Waals surface area contributed by atoms with E-state index in [0.29, 0.717) is 6.61 Å². The molecular formula is C14H19NO4. The van der Waals surface area contributed by atoms with E-state index in [1.54, 1.807) is 12.1 Å². The number of likely N-dealkylation sites (N-methyl/N-ethyl adjacent to an activating group) is 1. The third-order valence-corrected chi connectivity index (χ3v) is 2.92. The highest BCUT2D eigenvalue weighted by atomic mass is 16.5. The SMILES string of the molecule is CCOc1ccc(CC(=O)N(C)C(C)C(=O)O)cc1. The summed E-state index contributed by atoms with van der Waals surface area (Å²) in [6, 6.07) is 6.39. The van der Waals surface area contributed by atoms with Crippen LogP contribution in [0.15, 0.2) is 24.3 Å². The molecule has 19 heavy (non-hydrogen) atoms. The largest absolute Gasteiger partial charge is 0.494 e.